The van der Waals surface area contributed by atoms with Gasteiger partial charge in [0, 0.05) is 31.5 Å². The van der Waals surface area contributed by atoms with Crippen LogP contribution in [0.1, 0.15) is 18.2 Å². The molecule has 0 aliphatic rings. The van der Waals surface area contributed by atoms with E-state index in [0.29, 0.717) is 0 Å². The molecule has 0 amide bonds. The van der Waals surface area contributed by atoms with Crippen molar-refractivity contribution in [3.63, 3.8) is 0 Å². The standard InChI is InChI=1S/C16H22N2O2/c1-4-18-9-5-6-14(18)12-17-11-13-7-8-15(19-2)16(10-13)20-3/h5-10,17H,4,11-12H2,1-3H3. The zero-order valence-electron chi connectivity index (χ0n) is 12.3. The summed E-state index contributed by atoms with van der Waals surface area (Å²) in [5.74, 6) is 1.53. The van der Waals surface area contributed by atoms with Crippen LogP contribution in [0, 0.1) is 0 Å². The van der Waals surface area contributed by atoms with E-state index in [4.69, 9.17) is 9.47 Å². The van der Waals surface area contributed by atoms with Crippen LogP contribution in [0.3, 0.4) is 0 Å². The highest BCUT2D eigenvalue weighted by atomic mass is 16.5. The van der Waals surface area contributed by atoms with Gasteiger partial charge < -0.3 is 19.4 Å². The van der Waals surface area contributed by atoms with E-state index >= 15 is 0 Å². The van der Waals surface area contributed by atoms with Crippen molar-refractivity contribution in [2.75, 3.05) is 14.2 Å². The third-order valence-electron chi connectivity index (χ3n) is 3.35. The van der Waals surface area contributed by atoms with Gasteiger partial charge in [-0.15, -0.1) is 0 Å². The normalized spacial score (nSPS) is 10.6. The first kappa shape index (κ1) is 14.5. The molecule has 0 radical (unpaired) electrons. The fourth-order valence-electron chi connectivity index (χ4n) is 2.24. The first-order valence-corrected chi connectivity index (χ1v) is 6.84. The maximum atomic E-state index is 5.31. The van der Waals surface area contributed by atoms with Crippen LogP contribution in [0.5, 0.6) is 11.5 Å². The summed E-state index contributed by atoms with van der Waals surface area (Å²) in [6.45, 7) is 4.81. The molecule has 1 N–H and O–H groups in total. The van der Waals surface area contributed by atoms with E-state index in [2.05, 4.69) is 35.1 Å². The number of methoxy groups -OCH3 is 2. The minimum Gasteiger partial charge on any atom is -0.493 e. The Kier molecular flexibility index (Phi) is 5.07. The summed E-state index contributed by atoms with van der Waals surface area (Å²) in [4.78, 5) is 0. The van der Waals surface area contributed by atoms with Crippen LogP contribution < -0.4 is 14.8 Å². The Morgan fingerprint density at radius 3 is 2.55 bits per heavy atom. The van der Waals surface area contributed by atoms with E-state index in [0.717, 1.165) is 31.1 Å². The summed E-state index contributed by atoms with van der Waals surface area (Å²) in [5, 5.41) is 3.45. The predicted octanol–water partition coefficient (Wildman–Crippen LogP) is 2.82. The fraction of sp³-hybridized carbons (Fsp3) is 0.375. The average Bonchev–Trinajstić information content (AvgIpc) is 2.94. The predicted molar refractivity (Wildman–Crippen MR) is 80.2 cm³/mol. The van der Waals surface area contributed by atoms with Crippen LogP contribution in [0.15, 0.2) is 36.5 Å². The number of rotatable bonds is 7. The summed E-state index contributed by atoms with van der Waals surface area (Å²) in [6.07, 6.45) is 2.10. The molecule has 1 aromatic carbocycles. The number of ether oxygens (including phenoxy) is 2. The van der Waals surface area contributed by atoms with E-state index in [-0.39, 0.29) is 0 Å². The van der Waals surface area contributed by atoms with Crippen molar-refractivity contribution in [3.05, 3.63) is 47.8 Å². The topological polar surface area (TPSA) is 35.4 Å². The Morgan fingerprint density at radius 2 is 1.85 bits per heavy atom. The highest BCUT2D eigenvalue weighted by Crippen LogP contribution is 2.27. The number of benzene rings is 1. The molecule has 2 rings (SSSR count). The lowest BCUT2D eigenvalue weighted by atomic mass is 10.2. The van der Waals surface area contributed by atoms with Crippen molar-refractivity contribution in [2.45, 2.75) is 26.6 Å². The summed E-state index contributed by atoms with van der Waals surface area (Å²) < 4.78 is 12.8. The van der Waals surface area contributed by atoms with Crippen LogP contribution in [0.25, 0.3) is 0 Å². The van der Waals surface area contributed by atoms with Gasteiger partial charge >= 0.3 is 0 Å². The fourth-order valence-corrected chi connectivity index (χ4v) is 2.24. The van der Waals surface area contributed by atoms with Gasteiger partial charge in [-0.05, 0) is 36.8 Å². The smallest absolute Gasteiger partial charge is 0.161 e. The number of hydrogen-bond acceptors (Lipinski definition) is 3. The van der Waals surface area contributed by atoms with Crippen molar-refractivity contribution in [3.8, 4) is 11.5 Å². The molecule has 0 aliphatic carbocycles. The van der Waals surface area contributed by atoms with E-state index in [1.165, 1.54) is 11.3 Å². The maximum absolute atomic E-state index is 5.31. The molecule has 0 saturated carbocycles. The number of nitrogens with one attached hydrogen (secondary N) is 1. The van der Waals surface area contributed by atoms with Gasteiger partial charge in [0.15, 0.2) is 11.5 Å². The Bertz CT molecular complexity index is 549. The van der Waals surface area contributed by atoms with Gasteiger partial charge in [0.1, 0.15) is 0 Å². The van der Waals surface area contributed by atoms with Gasteiger partial charge in [0.2, 0.25) is 0 Å². The first-order chi connectivity index (χ1) is 9.78. The molecular weight excluding hydrogens is 252 g/mol. The Balaban J connectivity index is 1.94. The molecule has 0 unspecified atom stereocenters. The lowest BCUT2D eigenvalue weighted by Gasteiger charge is -2.11. The quantitative estimate of drug-likeness (QED) is 0.843. The van der Waals surface area contributed by atoms with E-state index in [1.54, 1.807) is 14.2 Å². The second-order valence-electron chi connectivity index (χ2n) is 4.58. The molecule has 0 bridgehead atoms. The highest BCUT2D eigenvalue weighted by Gasteiger charge is 2.04. The van der Waals surface area contributed by atoms with Gasteiger partial charge in [-0.3, -0.25) is 0 Å². The maximum Gasteiger partial charge on any atom is 0.161 e. The minimum atomic E-state index is 0.760. The molecule has 0 fully saturated rings. The molecular formula is C16H22N2O2. The van der Waals surface area contributed by atoms with Crippen LogP contribution in [0.2, 0.25) is 0 Å². The Labute approximate surface area is 120 Å². The number of nitrogens with zero attached hydrogens (tertiary/aromatic N) is 1. The highest BCUT2D eigenvalue weighted by molar-refractivity contribution is 5.42. The molecule has 20 heavy (non-hydrogen) atoms. The molecule has 0 atom stereocenters. The lowest BCUT2D eigenvalue weighted by Crippen LogP contribution is -2.15. The van der Waals surface area contributed by atoms with Crippen molar-refractivity contribution in [2.24, 2.45) is 0 Å². The SMILES string of the molecule is CCn1cccc1CNCc1ccc(OC)c(OC)c1. The summed E-state index contributed by atoms with van der Waals surface area (Å²) in [5.41, 5.74) is 2.48. The Hall–Kier alpha value is -1.94. The molecule has 4 nitrogen and oxygen atoms in total. The third kappa shape index (κ3) is 3.33. The molecule has 0 spiro atoms. The van der Waals surface area contributed by atoms with Crippen molar-refractivity contribution >= 4 is 0 Å². The number of aromatic nitrogens is 1. The van der Waals surface area contributed by atoms with E-state index in [1.807, 2.05) is 18.2 Å². The van der Waals surface area contributed by atoms with Crippen LogP contribution in [0.4, 0.5) is 0 Å². The summed E-state index contributed by atoms with van der Waals surface area (Å²) >= 11 is 0. The average molecular weight is 274 g/mol. The van der Waals surface area contributed by atoms with Gasteiger partial charge in [-0.25, -0.2) is 0 Å². The summed E-state index contributed by atoms with van der Waals surface area (Å²) in [6, 6.07) is 10.2. The second kappa shape index (κ2) is 7.01. The summed E-state index contributed by atoms with van der Waals surface area (Å²) in [7, 11) is 3.30. The van der Waals surface area contributed by atoms with Crippen molar-refractivity contribution in [1.29, 1.82) is 0 Å². The third-order valence-corrected chi connectivity index (χ3v) is 3.35. The monoisotopic (exact) mass is 274 g/mol. The molecule has 0 aliphatic heterocycles. The van der Waals surface area contributed by atoms with Gasteiger partial charge in [0.25, 0.3) is 0 Å². The molecule has 0 saturated heterocycles. The Morgan fingerprint density at radius 1 is 1.05 bits per heavy atom. The molecule has 1 heterocycles. The zero-order chi connectivity index (χ0) is 14.4. The minimum absolute atomic E-state index is 0.760. The van der Waals surface area contributed by atoms with Crippen molar-refractivity contribution in [1.82, 2.24) is 9.88 Å². The van der Waals surface area contributed by atoms with E-state index in [9.17, 15) is 0 Å². The molecule has 1 aromatic heterocycles. The van der Waals surface area contributed by atoms with E-state index < -0.39 is 0 Å². The molecule has 2 aromatic rings. The molecule has 108 valence electrons. The largest absolute Gasteiger partial charge is 0.493 e. The number of aryl methyl sites for hydroxylation is 1. The first-order valence-electron chi connectivity index (χ1n) is 6.84. The lowest BCUT2D eigenvalue weighted by molar-refractivity contribution is 0.354. The van der Waals surface area contributed by atoms with Crippen LogP contribution >= 0.6 is 0 Å². The van der Waals surface area contributed by atoms with Crippen LogP contribution in [-0.4, -0.2) is 18.8 Å². The number of hydrogen-bond donors (Lipinski definition) is 1. The van der Waals surface area contributed by atoms with Gasteiger partial charge in [-0.1, -0.05) is 6.07 Å². The van der Waals surface area contributed by atoms with Gasteiger partial charge in [-0.2, -0.15) is 0 Å². The van der Waals surface area contributed by atoms with Crippen LogP contribution in [-0.2, 0) is 19.6 Å². The second-order valence-corrected chi connectivity index (χ2v) is 4.58. The van der Waals surface area contributed by atoms with Crippen molar-refractivity contribution < 1.29 is 9.47 Å². The molecule has 4 heteroatoms. The van der Waals surface area contributed by atoms with Gasteiger partial charge in [0.05, 0.1) is 14.2 Å². The zero-order valence-corrected chi connectivity index (χ0v) is 12.3.